The van der Waals surface area contributed by atoms with E-state index in [0.717, 1.165) is 18.4 Å². The molecular weight excluding hydrogens is 328 g/mol. The molecule has 24 heavy (non-hydrogen) atoms. The summed E-state index contributed by atoms with van der Waals surface area (Å²) in [6.07, 6.45) is 2.92. The van der Waals surface area contributed by atoms with Gasteiger partial charge in [0, 0.05) is 25.2 Å². The van der Waals surface area contributed by atoms with Gasteiger partial charge in [0.05, 0.1) is 18.1 Å². The fraction of sp³-hybridized carbons (Fsp3) is 0.588. The topological polar surface area (TPSA) is 75.7 Å². The van der Waals surface area contributed by atoms with E-state index in [9.17, 15) is 13.2 Å². The summed E-state index contributed by atoms with van der Waals surface area (Å²) in [5.74, 6) is 0.378. The van der Waals surface area contributed by atoms with Gasteiger partial charge in [-0.15, -0.1) is 0 Å². The standard InChI is InChI=1S/C17H24N2O4S/c1-2-14-5-6-15(17(20)18-12-13-3-4-13)11-16(14)24(21,22)19-7-9-23-10-8-19/h5-6,11,13H,2-4,7-10,12H2,1H3,(H,18,20). The number of benzene rings is 1. The molecule has 132 valence electrons. The van der Waals surface area contributed by atoms with E-state index < -0.39 is 10.0 Å². The number of amides is 1. The molecule has 0 aromatic heterocycles. The molecule has 6 nitrogen and oxygen atoms in total. The van der Waals surface area contributed by atoms with Crippen molar-refractivity contribution in [1.29, 1.82) is 0 Å². The molecule has 1 aromatic carbocycles. The molecule has 1 amide bonds. The molecule has 0 bridgehead atoms. The van der Waals surface area contributed by atoms with Gasteiger partial charge in [-0.3, -0.25) is 4.79 Å². The maximum atomic E-state index is 13.0. The molecule has 3 rings (SSSR count). The first kappa shape index (κ1) is 17.4. The lowest BCUT2D eigenvalue weighted by molar-refractivity contribution is 0.0730. The number of hydrogen-bond acceptors (Lipinski definition) is 4. The van der Waals surface area contributed by atoms with Crippen LogP contribution in [0.3, 0.4) is 0 Å². The normalized spacial score (nSPS) is 19.2. The number of rotatable bonds is 6. The SMILES string of the molecule is CCc1ccc(C(=O)NCC2CC2)cc1S(=O)(=O)N1CCOCC1. The predicted octanol–water partition coefficient (Wildman–Crippen LogP) is 1.41. The van der Waals surface area contributed by atoms with Crippen molar-refractivity contribution in [2.75, 3.05) is 32.8 Å². The Morgan fingerprint density at radius 3 is 2.62 bits per heavy atom. The minimum Gasteiger partial charge on any atom is -0.379 e. The zero-order chi connectivity index (χ0) is 17.2. The quantitative estimate of drug-likeness (QED) is 0.840. The largest absolute Gasteiger partial charge is 0.379 e. The van der Waals surface area contributed by atoms with Gasteiger partial charge in [0.15, 0.2) is 0 Å². The fourth-order valence-corrected chi connectivity index (χ4v) is 4.54. The van der Waals surface area contributed by atoms with Crippen molar-refractivity contribution in [3.63, 3.8) is 0 Å². The van der Waals surface area contributed by atoms with Crippen LogP contribution in [0.4, 0.5) is 0 Å². The van der Waals surface area contributed by atoms with Crippen LogP contribution in [-0.2, 0) is 21.2 Å². The second-order valence-corrected chi connectivity index (χ2v) is 8.25. The fourth-order valence-electron chi connectivity index (χ4n) is 2.82. The van der Waals surface area contributed by atoms with Gasteiger partial charge in [-0.25, -0.2) is 8.42 Å². The van der Waals surface area contributed by atoms with E-state index in [-0.39, 0.29) is 10.8 Å². The third kappa shape index (κ3) is 3.79. The van der Waals surface area contributed by atoms with Crippen LogP contribution in [-0.4, -0.2) is 51.5 Å². The van der Waals surface area contributed by atoms with Crippen LogP contribution >= 0.6 is 0 Å². The highest BCUT2D eigenvalue weighted by atomic mass is 32.2. The summed E-state index contributed by atoms with van der Waals surface area (Å²) in [6.45, 7) is 4.10. The molecule has 1 saturated carbocycles. The zero-order valence-corrected chi connectivity index (χ0v) is 14.8. The van der Waals surface area contributed by atoms with Crippen molar-refractivity contribution in [3.05, 3.63) is 29.3 Å². The van der Waals surface area contributed by atoms with Gasteiger partial charge in [0.1, 0.15) is 0 Å². The Balaban J connectivity index is 1.86. The molecule has 0 unspecified atom stereocenters. The van der Waals surface area contributed by atoms with Gasteiger partial charge < -0.3 is 10.1 Å². The first-order valence-electron chi connectivity index (χ1n) is 8.51. The second kappa shape index (κ2) is 7.21. The van der Waals surface area contributed by atoms with Gasteiger partial charge in [-0.2, -0.15) is 4.31 Å². The molecule has 1 aliphatic heterocycles. The zero-order valence-electron chi connectivity index (χ0n) is 14.0. The summed E-state index contributed by atoms with van der Waals surface area (Å²) in [6, 6.07) is 4.98. The lowest BCUT2D eigenvalue weighted by Crippen LogP contribution is -2.41. The Morgan fingerprint density at radius 2 is 2.00 bits per heavy atom. The first-order chi connectivity index (χ1) is 11.5. The van der Waals surface area contributed by atoms with Crippen LogP contribution < -0.4 is 5.32 Å². The summed E-state index contributed by atoms with van der Waals surface area (Å²) in [7, 11) is -3.61. The molecule has 7 heteroatoms. The molecule has 2 fully saturated rings. The lowest BCUT2D eigenvalue weighted by Gasteiger charge is -2.27. The number of carbonyl (C=O) groups is 1. The summed E-state index contributed by atoms with van der Waals surface area (Å²) in [5, 5.41) is 2.89. The average molecular weight is 352 g/mol. The molecule has 0 radical (unpaired) electrons. The number of aryl methyl sites for hydroxylation is 1. The van der Waals surface area contributed by atoms with Crippen molar-refractivity contribution in [2.45, 2.75) is 31.1 Å². The molecule has 1 heterocycles. The number of nitrogens with one attached hydrogen (secondary N) is 1. The molecule has 0 spiro atoms. The van der Waals surface area contributed by atoms with Gasteiger partial charge in [0.25, 0.3) is 5.91 Å². The van der Waals surface area contributed by atoms with Crippen molar-refractivity contribution in [2.24, 2.45) is 5.92 Å². The van der Waals surface area contributed by atoms with E-state index in [1.165, 1.54) is 10.4 Å². The van der Waals surface area contributed by atoms with Crippen molar-refractivity contribution < 1.29 is 17.9 Å². The highest BCUT2D eigenvalue weighted by Crippen LogP contribution is 2.28. The monoisotopic (exact) mass is 352 g/mol. The average Bonchev–Trinajstić information content (AvgIpc) is 3.44. The number of carbonyl (C=O) groups excluding carboxylic acids is 1. The van der Waals surface area contributed by atoms with Crippen LogP contribution in [0.1, 0.15) is 35.7 Å². The second-order valence-electron chi connectivity index (χ2n) is 6.35. The van der Waals surface area contributed by atoms with Gasteiger partial charge in [0.2, 0.25) is 10.0 Å². The van der Waals surface area contributed by atoms with Gasteiger partial charge >= 0.3 is 0 Å². The third-order valence-corrected chi connectivity index (χ3v) is 6.53. The third-order valence-electron chi connectivity index (χ3n) is 4.55. The number of sulfonamides is 1. The smallest absolute Gasteiger partial charge is 0.251 e. The number of hydrogen-bond donors (Lipinski definition) is 1. The summed E-state index contributed by atoms with van der Waals surface area (Å²) >= 11 is 0. The van der Waals surface area contributed by atoms with E-state index in [4.69, 9.17) is 4.74 Å². The minimum absolute atomic E-state index is 0.206. The Kier molecular flexibility index (Phi) is 5.22. The van der Waals surface area contributed by atoms with Crippen LogP contribution in [0, 0.1) is 5.92 Å². The van der Waals surface area contributed by atoms with E-state index in [1.807, 2.05) is 6.92 Å². The summed E-state index contributed by atoms with van der Waals surface area (Å²) in [4.78, 5) is 12.5. The van der Waals surface area contributed by atoms with E-state index in [1.54, 1.807) is 12.1 Å². The summed E-state index contributed by atoms with van der Waals surface area (Å²) < 4.78 is 32.6. The molecule has 1 aromatic rings. The first-order valence-corrected chi connectivity index (χ1v) is 9.95. The molecule has 1 N–H and O–H groups in total. The van der Waals surface area contributed by atoms with Crippen LogP contribution in [0.25, 0.3) is 0 Å². The van der Waals surface area contributed by atoms with Crippen molar-refractivity contribution >= 4 is 15.9 Å². The van der Waals surface area contributed by atoms with Gasteiger partial charge in [-0.05, 0) is 42.9 Å². The summed E-state index contributed by atoms with van der Waals surface area (Å²) in [5.41, 5.74) is 1.14. The maximum absolute atomic E-state index is 13.0. The molecule has 1 aliphatic carbocycles. The van der Waals surface area contributed by atoms with Gasteiger partial charge in [-0.1, -0.05) is 13.0 Å². The number of morpholine rings is 1. The minimum atomic E-state index is -3.61. The lowest BCUT2D eigenvalue weighted by atomic mass is 10.1. The maximum Gasteiger partial charge on any atom is 0.251 e. The van der Waals surface area contributed by atoms with Crippen LogP contribution in [0.15, 0.2) is 23.1 Å². The van der Waals surface area contributed by atoms with Crippen molar-refractivity contribution in [3.8, 4) is 0 Å². The Hall–Kier alpha value is -1.44. The Bertz CT molecular complexity index is 707. The highest BCUT2D eigenvalue weighted by molar-refractivity contribution is 7.89. The molecule has 2 aliphatic rings. The van der Waals surface area contributed by atoms with E-state index in [0.29, 0.717) is 50.8 Å². The van der Waals surface area contributed by atoms with Crippen molar-refractivity contribution in [1.82, 2.24) is 9.62 Å². The van der Waals surface area contributed by atoms with E-state index >= 15 is 0 Å². The number of nitrogens with zero attached hydrogens (tertiary/aromatic N) is 1. The molecular formula is C17H24N2O4S. The predicted molar refractivity (Wildman–Crippen MR) is 90.5 cm³/mol. The Labute approximate surface area is 143 Å². The number of ether oxygens (including phenoxy) is 1. The van der Waals surface area contributed by atoms with Crippen LogP contribution in [0.5, 0.6) is 0 Å². The van der Waals surface area contributed by atoms with E-state index in [2.05, 4.69) is 5.32 Å². The molecule has 1 saturated heterocycles. The highest BCUT2D eigenvalue weighted by Gasteiger charge is 2.29. The molecule has 0 atom stereocenters. The van der Waals surface area contributed by atoms with Crippen LogP contribution in [0.2, 0.25) is 0 Å². The Morgan fingerprint density at radius 1 is 1.29 bits per heavy atom.